The molecule has 0 aliphatic carbocycles. The van der Waals surface area contributed by atoms with Gasteiger partial charge in [-0.1, -0.05) is 0 Å². The summed E-state index contributed by atoms with van der Waals surface area (Å²) in [6.07, 6.45) is 3.05. The van der Waals surface area contributed by atoms with Gasteiger partial charge in [-0.3, -0.25) is 19.6 Å². The molecule has 1 aromatic rings. The lowest BCUT2D eigenvalue weighted by molar-refractivity contribution is -0.122. The van der Waals surface area contributed by atoms with Crippen molar-refractivity contribution in [2.24, 2.45) is 11.7 Å². The number of ether oxygens (including phenoxy) is 1. The predicted molar refractivity (Wildman–Crippen MR) is 87.5 cm³/mol. The van der Waals surface area contributed by atoms with E-state index in [-0.39, 0.29) is 17.5 Å². The summed E-state index contributed by atoms with van der Waals surface area (Å²) in [5.41, 5.74) is 6.42. The molecule has 2 aliphatic heterocycles. The molecule has 8 heteroatoms. The second-order valence-electron chi connectivity index (χ2n) is 6.68. The SMILES string of the molecule is NC(=O)c1cc([C@H]2CCCN(CC(=O)NC[C@H]3CCOC3)C2)[nH]n1. The van der Waals surface area contributed by atoms with Gasteiger partial charge in [0.2, 0.25) is 5.91 Å². The number of aromatic nitrogens is 2. The van der Waals surface area contributed by atoms with Crippen molar-refractivity contribution in [1.29, 1.82) is 0 Å². The number of nitrogens with zero attached hydrogens (tertiary/aromatic N) is 2. The number of hydrogen-bond acceptors (Lipinski definition) is 5. The summed E-state index contributed by atoms with van der Waals surface area (Å²) in [4.78, 5) is 25.4. The summed E-state index contributed by atoms with van der Waals surface area (Å²) in [6.45, 7) is 4.33. The Bertz CT molecular complexity index is 582. The monoisotopic (exact) mass is 335 g/mol. The molecule has 2 amide bonds. The third-order valence-electron chi connectivity index (χ3n) is 4.77. The van der Waals surface area contributed by atoms with Crippen LogP contribution in [0.5, 0.6) is 0 Å². The van der Waals surface area contributed by atoms with E-state index in [1.165, 1.54) is 0 Å². The molecule has 0 unspecified atom stereocenters. The van der Waals surface area contributed by atoms with Gasteiger partial charge in [0.1, 0.15) is 5.69 Å². The molecule has 2 fully saturated rings. The second-order valence-corrected chi connectivity index (χ2v) is 6.68. The third kappa shape index (κ3) is 4.33. The van der Waals surface area contributed by atoms with E-state index in [1.807, 2.05) is 0 Å². The van der Waals surface area contributed by atoms with Crippen molar-refractivity contribution in [3.05, 3.63) is 17.5 Å². The zero-order valence-corrected chi connectivity index (χ0v) is 13.8. The number of carbonyl (C=O) groups excluding carboxylic acids is 2. The topological polar surface area (TPSA) is 113 Å². The summed E-state index contributed by atoms with van der Waals surface area (Å²) in [6, 6.07) is 1.72. The average molecular weight is 335 g/mol. The maximum atomic E-state index is 12.1. The molecule has 0 saturated carbocycles. The van der Waals surface area contributed by atoms with Crippen LogP contribution in [0.1, 0.15) is 41.4 Å². The highest BCUT2D eigenvalue weighted by atomic mass is 16.5. The lowest BCUT2D eigenvalue weighted by Gasteiger charge is -2.31. The van der Waals surface area contributed by atoms with Crippen molar-refractivity contribution in [3.8, 4) is 0 Å². The zero-order valence-electron chi connectivity index (χ0n) is 13.8. The van der Waals surface area contributed by atoms with Crippen LogP contribution in [0.2, 0.25) is 0 Å². The summed E-state index contributed by atoms with van der Waals surface area (Å²) < 4.78 is 5.32. The minimum Gasteiger partial charge on any atom is -0.381 e. The van der Waals surface area contributed by atoms with Crippen LogP contribution in [0.25, 0.3) is 0 Å². The van der Waals surface area contributed by atoms with E-state index in [0.29, 0.717) is 19.0 Å². The molecule has 8 nitrogen and oxygen atoms in total. The fourth-order valence-corrected chi connectivity index (χ4v) is 3.39. The van der Waals surface area contributed by atoms with E-state index < -0.39 is 5.91 Å². The summed E-state index contributed by atoms with van der Waals surface area (Å²) in [5, 5.41) is 9.85. The van der Waals surface area contributed by atoms with Crippen LogP contribution in [0.15, 0.2) is 6.07 Å². The summed E-state index contributed by atoms with van der Waals surface area (Å²) in [5.74, 6) is 0.223. The minimum absolute atomic E-state index is 0.0602. The Morgan fingerprint density at radius 3 is 3.04 bits per heavy atom. The number of H-pyrrole nitrogens is 1. The van der Waals surface area contributed by atoms with Crippen molar-refractivity contribution in [1.82, 2.24) is 20.4 Å². The van der Waals surface area contributed by atoms with Crippen LogP contribution >= 0.6 is 0 Å². The van der Waals surface area contributed by atoms with Crippen molar-refractivity contribution in [2.75, 3.05) is 39.4 Å². The third-order valence-corrected chi connectivity index (χ3v) is 4.77. The van der Waals surface area contributed by atoms with Crippen LogP contribution in [0.3, 0.4) is 0 Å². The van der Waals surface area contributed by atoms with Gasteiger partial charge < -0.3 is 15.8 Å². The van der Waals surface area contributed by atoms with E-state index in [2.05, 4.69) is 20.4 Å². The molecule has 4 N–H and O–H groups in total. The molecule has 0 aromatic carbocycles. The Morgan fingerprint density at radius 1 is 1.46 bits per heavy atom. The number of aromatic amines is 1. The lowest BCUT2D eigenvalue weighted by Crippen LogP contribution is -2.43. The van der Waals surface area contributed by atoms with Gasteiger partial charge in [-0.15, -0.1) is 0 Å². The first-order valence-electron chi connectivity index (χ1n) is 8.53. The van der Waals surface area contributed by atoms with Crippen LogP contribution < -0.4 is 11.1 Å². The number of likely N-dealkylation sites (tertiary alicyclic amines) is 1. The Hall–Kier alpha value is -1.93. The largest absolute Gasteiger partial charge is 0.381 e. The van der Waals surface area contributed by atoms with E-state index in [4.69, 9.17) is 10.5 Å². The van der Waals surface area contributed by atoms with Crippen molar-refractivity contribution >= 4 is 11.8 Å². The molecule has 3 rings (SSSR count). The van der Waals surface area contributed by atoms with Gasteiger partial charge >= 0.3 is 0 Å². The van der Waals surface area contributed by atoms with Gasteiger partial charge in [0, 0.05) is 37.2 Å². The Morgan fingerprint density at radius 2 is 2.33 bits per heavy atom. The molecule has 2 saturated heterocycles. The first-order chi connectivity index (χ1) is 11.6. The van der Waals surface area contributed by atoms with Gasteiger partial charge in [0.25, 0.3) is 5.91 Å². The molecule has 24 heavy (non-hydrogen) atoms. The van der Waals surface area contributed by atoms with Gasteiger partial charge in [0.15, 0.2) is 0 Å². The molecular formula is C16H25N5O3. The highest BCUT2D eigenvalue weighted by molar-refractivity contribution is 5.90. The van der Waals surface area contributed by atoms with E-state index >= 15 is 0 Å². The summed E-state index contributed by atoms with van der Waals surface area (Å²) in [7, 11) is 0. The number of piperidine rings is 1. The number of nitrogens with two attached hydrogens (primary N) is 1. The first kappa shape index (κ1) is 16.9. The molecule has 3 heterocycles. The van der Waals surface area contributed by atoms with E-state index in [9.17, 15) is 9.59 Å². The van der Waals surface area contributed by atoms with E-state index in [0.717, 1.165) is 51.3 Å². The van der Waals surface area contributed by atoms with Crippen molar-refractivity contribution in [3.63, 3.8) is 0 Å². The fraction of sp³-hybridized carbons (Fsp3) is 0.688. The first-order valence-corrected chi connectivity index (χ1v) is 8.53. The van der Waals surface area contributed by atoms with Crippen LogP contribution in [0.4, 0.5) is 0 Å². The number of hydrogen-bond donors (Lipinski definition) is 3. The van der Waals surface area contributed by atoms with Crippen LogP contribution in [-0.4, -0.2) is 66.3 Å². The number of carbonyl (C=O) groups is 2. The minimum atomic E-state index is -0.527. The highest BCUT2D eigenvalue weighted by Crippen LogP contribution is 2.25. The van der Waals surface area contributed by atoms with Gasteiger partial charge in [-0.2, -0.15) is 5.10 Å². The second kappa shape index (κ2) is 7.76. The predicted octanol–water partition coefficient (Wildman–Crippen LogP) is -0.159. The van der Waals surface area contributed by atoms with Crippen molar-refractivity contribution in [2.45, 2.75) is 25.2 Å². The molecule has 1 aromatic heterocycles. The van der Waals surface area contributed by atoms with E-state index in [1.54, 1.807) is 6.07 Å². The quantitative estimate of drug-likeness (QED) is 0.668. The van der Waals surface area contributed by atoms with Gasteiger partial charge in [-0.05, 0) is 31.9 Å². The Balaban J connectivity index is 1.47. The maximum Gasteiger partial charge on any atom is 0.269 e. The molecule has 0 spiro atoms. The van der Waals surface area contributed by atoms with Gasteiger partial charge in [0.05, 0.1) is 13.2 Å². The van der Waals surface area contributed by atoms with Crippen molar-refractivity contribution < 1.29 is 14.3 Å². The maximum absolute atomic E-state index is 12.1. The molecule has 132 valence electrons. The fourth-order valence-electron chi connectivity index (χ4n) is 3.39. The zero-order chi connectivity index (χ0) is 16.9. The number of amides is 2. The normalized spacial score (nSPS) is 24.8. The van der Waals surface area contributed by atoms with Gasteiger partial charge in [-0.25, -0.2) is 0 Å². The number of nitrogens with one attached hydrogen (secondary N) is 2. The smallest absolute Gasteiger partial charge is 0.269 e. The molecule has 2 atom stereocenters. The van der Waals surface area contributed by atoms with Crippen LogP contribution in [-0.2, 0) is 9.53 Å². The average Bonchev–Trinajstić information content (AvgIpc) is 3.25. The Labute approximate surface area is 141 Å². The van der Waals surface area contributed by atoms with Crippen LogP contribution in [0, 0.1) is 5.92 Å². The molecule has 0 radical (unpaired) electrons. The Kier molecular flexibility index (Phi) is 5.47. The summed E-state index contributed by atoms with van der Waals surface area (Å²) >= 11 is 0. The molecular weight excluding hydrogens is 310 g/mol. The lowest BCUT2D eigenvalue weighted by atomic mass is 9.94. The number of rotatable bonds is 6. The standard InChI is InChI=1S/C16H25N5O3/c17-16(23)14-6-13(19-20-14)12-2-1-4-21(8-12)9-15(22)18-7-11-3-5-24-10-11/h6,11-12H,1-5,7-10H2,(H2,17,23)(H,18,22)(H,19,20)/t11-,12+/m1/s1. The number of primary amides is 1. The molecule has 0 bridgehead atoms. The highest BCUT2D eigenvalue weighted by Gasteiger charge is 2.25. The molecule has 2 aliphatic rings.